The van der Waals surface area contributed by atoms with Crippen molar-refractivity contribution in [2.24, 2.45) is 0 Å². The van der Waals surface area contributed by atoms with Crippen molar-refractivity contribution in [2.75, 3.05) is 0 Å². The molecular weight excluding hydrogens is 655 g/mol. The van der Waals surface area contributed by atoms with Gasteiger partial charge in [0.05, 0.1) is 11.0 Å². The molecule has 0 unspecified atom stereocenters. The van der Waals surface area contributed by atoms with Crippen LogP contribution in [0.4, 0.5) is 0 Å². The summed E-state index contributed by atoms with van der Waals surface area (Å²) in [6.07, 6.45) is 2.10. The molecule has 11 rings (SSSR count). The van der Waals surface area contributed by atoms with Gasteiger partial charge in [-0.1, -0.05) is 115 Å². The SMILES string of the molecule is c1ccc(-c2nc(-c3ccc(-c4ccc5c(c4)c4ccccc4c4nc6ccccn6c54)cc3)nc(-c3ccc4sc5ccccc5c4c3)n2)cc1. The molecule has 7 aromatic carbocycles. The van der Waals surface area contributed by atoms with E-state index in [-0.39, 0.29) is 0 Å². The van der Waals surface area contributed by atoms with E-state index >= 15 is 0 Å². The minimum absolute atomic E-state index is 0.644. The second-order valence-corrected chi connectivity index (χ2v) is 14.2. The molecule has 4 heterocycles. The number of aromatic nitrogens is 5. The number of pyridine rings is 1. The van der Waals surface area contributed by atoms with Gasteiger partial charge in [0.1, 0.15) is 5.65 Å². The first-order chi connectivity index (χ1) is 25.7. The number of rotatable bonds is 4. The molecule has 0 amide bonds. The van der Waals surface area contributed by atoms with Crippen LogP contribution in [-0.4, -0.2) is 24.3 Å². The third-order valence-corrected chi connectivity index (χ3v) is 11.2. The summed E-state index contributed by atoms with van der Waals surface area (Å²) in [6.45, 7) is 0. The van der Waals surface area contributed by atoms with Crippen molar-refractivity contribution in [3.63, 3.8) is 0 Å². The lowest BCUT2D eigenvalue weighted by Crippen LogP contribution is -2.00. The highest BCUT2D eigenvalue weighted by molar-refractivity contribution is 7.25. The molecule has 0 saturated heterocycles. The Labute approximate surface area is 302 Å². The van der Waals surface area contributed by atoms with E-state index in [1.54, 1.807) is 0 Å². The van der Waals surface area contributed by atoms with Crippen molar-refractivity contribution in [3.8, 4) is 45.3 Å². The van der Waals surface area contributed by atoms with Gasteiger partial charge in [-0.05, 0) is 64.4 Å². The molecule has 0 aliphatic carbocycles. The van der Waals surface area contributed by atoms with Crippen LogP contribution >= 0.6 is 11.3 Å². The fourth-order valence-corrected chi connectivity index (χ4v) is 8.63. The Morgan fingerprint density at radius 2 is 0.962 bits per heavy atom. The van der Waals surface area contributed by atoms with E-state index in [2.05, 4.69) is 132 Å². The van der Waals surface area contributed by atoms with Crippen LogP contribution in [-0.2, 0) is 0 Å². The van der Waals surface area contributed by atoms with Crippen molar-refractivity contribution < 1.29 is 0 Å². The summed E-state index contributed by atoms with van der Waals surface area (Å²) >= 11 is 1.81. The minimum Gasteiger partial charge on any atom is -0.299 e. The third-order valence-electron chi connectivity index (χ3n) is 10.1. The number of nitrogens with zero attached hydrogens (tertiary/aromatic N) is 5. The topological polar surface area (TPSA) is 56.0 Å². The highest BCUT2D eigenvalue weighted by Gasteiger charge is 2.17. The third kappa shape index (κ3) is 4.55. The average Bonchev–Trinajstić information content (AvgIpc) is 3.80. The lowest BCUT2D eigenvalue weighted by atomic mass is 9.95. The fraction of sp³-hybridized carbons (Fsp3) is 0. The van der Waals surface area contributed by atoms with Gasteiger partial charge >= 0.3 is 0 Å². The monoisotopic (exact) mass is 681 g/mol. The van der Waals surface area contributed by atoms with Gasteiger partial charge in [0.25, 0.3) is 0 Å². The lowest BCUT2D eigenvalue weighted by Gasteiger charge is -2.11. The number of hydrogen-bond donors (Lipinski definition) is 0. The molecule has 11 aromatic rings. The summed E-state index contributed by atoms with van der Waals surface area (Å²) in [5.74, 6) is 1.95. The van der Waals surface area contributed by atoms with Crippen molar-refractivity contribution in [3.05, 3.63) is 164 Å². The van der Waals surface area contributed by atoms with Crippen LogP contribution < -0.4 is 0 Å². The van der Waals surface area contributed by atoms with Crippen LogP contribution in [0.5, 0.6) is 0 Å². The number of fused-ring (bicyclic) bond motifs is 11. The summed E-state index contributed by atoms with van der Waals surface area (Å²) in [5.41, 5.74) is 8.25. The Morgan fingerprint density at radius 1 is 0.365 bits per heavy atom. The van der Waals surface area contributed by atoms with Gasteiger partial charge in [-0.25, -0.2) is 19.9 Å². The smallest absolute Gasteiger partial charge is 0.164 e. The predicted molar refractivity (Wildman–Crippen MR) is 216 cm³/mol. The van der Waals surface area contributed by atoms with Gasteiger partial charge in [-0.15, -0.1) is 11.3 Å². The Morgan fingerprint density at radius 3 is 1.79 bits per heavy atom. The van der Waals surface area contributed by atoms with Gasteiger partial charge < -0.3 is 0 Å². The fourth-order valence-electron chi connectivity index (χ4n) is 7.55. The Hall–Kier alpha value is -6.76. The molecule has 52 heavy (non-hydrogen) atoms. The largest absolute Gasteiger partial charge is 0.299 e. The van der Waals surface area contributed by atoms with E-state index in [1.165, 1.54) is 36.3 Å². The molecule has 0 atom stereocenters. The summed E-state index contributed by atoms with van der Waals surface area (Å²) < 4.78 is 4.73. The lowest BCUT2D eigenvalue weighted by molar-refractivity contribution is 1.07. The minimum atomic E-state index is 0.644. The first-order valence-corrected chi connectivity index (χ1v) is 18.1. The quantitative estimate of drug-likeness (QED) is 0.174. The number of imidazole rings is 1. The maximum absolute atomic E-state index is 5.07. The molecule has 5 nitrogen and oxygen atoms in total. The van der Waals surface area contributed by atoms with Gasteiger partial charge in [0, 0.05) is 53.8 Å². The molecule has 0 bridgehead atoms. The van der Waals surface area contributed by atoms with Crippen LogP contribution in [0.3, 0.4) is 0 Å². The van der Waals surface area contributed by atoms with Crippen LogP contribution in [0.15, 0.2) is 164 Å². The van der Waals surface area contributed by atoms with E-state index in [9.17, 15) is 0 Å². The molecule has 0 radical (unpaired) electrons. The molecule has 4 aromatic heterocycles. The second-order valence-electron chi connectivity index (χ2n) is 13.1. The van der Waals surface area contributed by atoms with E-state index in [4.69, 9.17) is 19.9 Å². The number of hydrogen-bond acceptors (Lipinski definition) is 5. The zero-order valence-electron chi connectivity index (χ0n) is 27.7. The maximum atomic E-state index is 5.07. The van der Waals surface area contributed by atoms with Crippen molar-refractivity contribution in [2.45, 2.75) is 0 Å². The van der Waals surface area contributed by atoms with Crippen molar-refractivity contribution >= 4 is 69.7 Å². The zero-order valence-corrected chi connectivity index (χ0v) is 28.5. The summed E-state index contributed by atoms with van der Waals surface area (Å²) in [4.78, 5) is 20.1. The highest BCUT2D eigenvalue weighted by atomic mass is 32.1. The summed E-state index contributed by atoms with van der Waals surface area (Å²) in [5, 5.41) is 7.23. The second kappa shape index (κ2) is 11.4. The molecule has 0 saturated carbocycles. The molecule has 242 valence electrons. The zero-order chi connectivity index (χ0) is 34.2. The number of thiophene rings is 1. The van der Waals surface area contributed by atoms with E-state index in [0.717, 1.165) is 49.9 Å². The van der Waals surface area contributed by atoms with Crippen molar-refractivity contribution in [1.82, 2.24) is 24.3 Å². The maximum Gasteiger partial charge on any atom is 0.164 e. The molecular formula is C46H27N5S. The molecule has 0 fully saturated rings. The van der Waals surface area contributed by atoms with Crippen LogP contribution in [0.2, 0.25) is 0 Å². The molecule has 0 aliphatic heterocycles. The van der Waals surface area contributed by atoms with Gasteiger partial charge in [-0.3, -0.25) is 4.40 Å². The summed E-state index contributed by atoms with van der Waals surface area (Å²) in [7, 11) is 0. The van der Waals surface area contributed by atoms with Gasteiger partial charge in [-0.2, -0.15) is 0 Å². The van der Waals surface area contributed by atoms with E-state index < -0.39 is 0 Å². The van der Waals surface area contributed by atoms with E-state index in [1.807, 2.05) is 47.7 Å². The Kier molecular flexibility index (Phi) is 6.35. The van der Waals surface area contributed by atoms with Gasteiger partial charge in [0.2, 0.25) is 0 Å². The molecule has 6 heteroatoms. The molecule has 0 aliphatic rings. The van der Waals surface area contributed by atoms with E-state index in [0.29, 0.717) is 17.5 Å². The first-order valence-electron chi connectivity index (χ1n) is 17.3. The van der Waals surface area contributed by atoms with Crippen LogP contribution in [0.1, 0.15) is 0 Å². The average molecular weight is 682 g/mol. The predicted octanol–water partition coefficient (Wildman–Crippen LogP) is 12.0. The molecule has 0 N–H and O–H groups in total. The van der Waals surface area contributed by atoms with Crippen LogP contribution in [0, 0.1) is 0 Å². The highest BCUT2D eigenvalue weighted by Crippen LogP contribution is 2.39. The first kappa shape index (κ1) is 29.0. The number of benzene rings is 7. The van der Waals surface area contributed by atoms with Crippen molar-refractivity contribution in [1.29, 1.82) is 0 Å². The van der Waals surface area contributed by atoms with Gasteiger partial charge in [0.15, 0.2) is 17.5 Å². The molecule has 0 spiro atoms. The van der Waals surface area contributed by atoms with Crippen LogP contribution in [0.25, 0.3) is 104 Å². The Balaban J connectivity index is 1.03. The Bertz CT molecular complexity index is 3180. The summed E-state index contributed by atoms with van der Waals surface area (Å²) in [6, 6.07) is 55.3. The standard InChI is InChI=1S/C46H27N5S/c1-2-10-29(11-3-1)44-48-45(50-46(49-44)32-22-24-40-38(27-32)34-13-6-7-15-39(34)52-40)30-19-17-28(18-20-30)31-21-23-36-37(26-31)33-12-4-5-14-35(33)42-43(36)51-25-9-8-16-41(51)47-42/h1-27H. The normalized spacial score (nSPS) is 11.8.